The van der Waals surface area contributed by atoms with Crippen molar-refractivity contribution in [1.82, 2.24) is 15.5 Å². The molecular weight excluding hydrogens is 465 g/mol. The van der Waals surface area contributed by atoms with Crippen LogP contribution in [0.4, 0.5) is 23.7 Å². The van der Waals surface area contributed by atoms with Crippen LogP contribution in [-0.4, -0.2) is 43.6 Å². The monoisotopic (exact) mass is 488 g/mol. The van der Waals surface area contributed by atoms with Crippen LogP contribution in [0.1, 0.15) is 18.4 Å². The minimum atomic E-state index is -4.69. The van der Waals surface area contributed by atoms with Crippen LogP contribution in [-0.2, 0) is 6.54 Å². The van der Waals surface area contributed by atoms with Gasteiger partial charge in [0, 0.05) is 24.0 Å². The lowest BCUT2D eigenvalue weighted by Crippen LogP contribution is -2.28. The van der Waals surface area contributed by atoms with Gasteiger partial charge in [-0.25, -0.2) is 13.1 Å². The Bertz CT molecular complexity index is 1290. The van der Waals surface area contributed by atoms with Crippen LogP contribution in [0, 0.1) is 0 Å². The van der Waals surface area contributed by atoms with Crippen LogP contribution >= 0.6 is 8.29 Å². The van der Waals surface area contributed by atoms with Gasteiger partial charge in [-0.3, -0.25) is 5.10 Å². The maximum atomic E-state index is 12.6. The fourth-order valence-corrected chi connectivity index (χ4v) is 20.8. The first-order chi connectivity index (χ1) is 16.3. The molecule has 4 fully saturated rings. The summed E-state index contributed by atoms with van der Waals surface area (Å²) in [4.78, 5) is 14.8. The van der Waals surface area contributed by atoms with Gasteiger partial charge in [-0.15, -0.1) is 13.2 Å². The van der Waals surface area contributed by atoms with Crippen molar-refractivity contribution in [3.63, 3.8) is 0 Å². The molecule has 1 spiro atoms. The Morgan fingerprint density at radius 1 is 1.00 bits per heavy atom. The summed E-state index contributed by atoms with van der Waals surface area (Å²) in [5, 5.41) is 14.9. The zero-order chi connectivity index (χ0) is 23.4. The summed E-state index contributed by atoms with van der Waals surface area (Å²) in [6, 6.07) is 14.6. The van der Waals surface area contributed by atoms with E-state index in [1.807, 2.05) is 24.3 Å². The van der Waals surface area contributed by atoms with E-state index in [1.54, 1.807) is 12.4 Å². The molecule has 4 unspecified atom stereocenters. The van der Waals surface area contributed by atoms with Crippen molar-refractivity contribution in [1.29, 1.82) is 0 Å². The number of H-pyrrole nitrogens is 1. The maximum Gasteiger partial charge on any atom is 0.573 e. The van der Waals surface area contributed by atoms with Gasteiger partial charge in [0.25, 0.3) is 0 Å². The average Bonchev–Trinajstić information content (AvgIpc) is 3.69. The van der Waals surface area contributed by atoms with Crippen LogP contribution in [0.2, 0.25) is 0 Å². The molecule has 10 heteroatoms. The molecule has 2 amide bonds. The van der Waals surface area contributed by atoms with Crippen LogP contribution < -0.4 is 15.4 Å². The lowest BCUT2D eigenvalue weighted by atomic mass is 10.3. The summed E-state index contributed by atoms with van der Waals surface area (Å²) < 4.78 is 42.1. The molecule has 2 aliphatic heterocycles. The number of urea groups is 1. The third kappa shape index (κ3) is 2.00. The largest absolute Gasteiger partial charge is 0.573 e. The summed E-state index contributed by atoms with van der Waals surface area (Å²) >= 11 is 0. The number of nitrogens with one attached hydrogen (secondary N) is 3. The maximum absolute atomic E-state index is 12.6. The molecule has 0 radical (unpaired) electrons. The molecule has 0 bridgehead atoms. The van der Waals surface area contributed by atoms with E-state index in [1.165, 1.54) is 34.8 Å². The molecule has 3 N–H and O–H groups in total. The molecule has 178 valence electrons. The number of ether oxygens (including phenoxy) is 1. The lowest BCUT2D eigenvalue weighted by Gasteiger charge is -2.62. The Balaban J connectivity index is 1.16. The minimum Gasteiger partial charge on any atom is -0.406 e. The highest BCUT2D eigenvalue weighted by Crippen LogP contribution is 3.40. The number of hydrogen-bond acceptors (Lipinski definition) is 3. The molecule has 6 nitrogen and oxygen atoms in total. The van der Waals surface area contributed by atoms with Crippen molar-refractivity contribution in [3.8, 4) is 5.75 Å². The zero-order valence-corrected chi connectivity index (χ0v) is 18.8. The second kappa shape index (κ2) is 5.73. The summed E-state index contributed by atoms with van der Waals surface area (Å²) in [5.74, 6) is -0.173. The lowest BCUT2D eigenvalue weighted by molar-refractivity contribution is -0.274. The van der Waals surface area contributed by atoms with Gasteiger partial charge < -0.3 is 15.4 Å². The Hall–Kier alpha value is -3.14. The van der Waals surface area contributed by atoms with E-state index < -0.39 is 14.7 Å². The van der Waals surface area contributed by atoms with Crippen molar-refractivity contribution in [2.75, 3.05) is 5.32 Å². The highest BCUT2D eigenvalue weighted by Gasteiger charge is 3.15. The van der Waals surface area contributed by atoms with E-state index in [4.69, 9.17) is 0 Å². The van der Waals surface area contributed by atoms with E-state index in [0.717, 1.165) is 5.56 Å². The number of anilines is 1. The zero-order valence-electron chi connectivity index (χ0n) is 18.0. The molecular formula is C24H23F3N4O2S. The number of carbonyl (C=O) groups excluding carboxylic acids is 1. The topological polar surface area (TPSA) is 79.0 Å². The molecule has 1 aromatic heterocycles. The molecule has 3 heterocycles. The molecule has 2 saturated heterocycles. The minimum absolute atomic E-state index is 0.173. The van der Waals surface area contributed by atoms with Crippen molar-refractivity contribution in [3.05, 3.63) is 66.5 Å². The summed E-state index contributed by atoms with van der Waals surface area (Å²) in [5.41, 5.74) is 1.59. The van der Waals surface area contributed by atoms with Crippen LogP contribution in [0.25, 0.3) is 0 Å². The van der Waals surface area contributed by atoms with E-state index in [9.17, 15) is 18.0 Å². The Morgan fingerprint density at radius 3 is 2.06 bits per heavy atom. The third-order valence-electron chi connectivity index (χ3n) is 9.01. The van der Waals surface area contributed by atoms with Gasteiger partial charge in [0.1, 0.15) is 5.75 Å². The van der Waals surface area contributed by atoms with Gasteiger partial charge in [-0.2, -0.15) is 5.10 Å². The molecule has 34 heavy (non-hydrogen) atoms. The molecule has 3 aromatic rings. The number of alkyl halides is 3. The number of aromatic amines is 1. The number of aromatic nitrogens is 2. The molecule has 2 aromatic carbocycles. The third-order valence-corrected chi connectivity index (χ3v) is 20.3. The summed E-state index contributed by atoms with van der Waals surface area (Å²) in [7, 11) is -2.60. The highest BCUT2D eigenvalue weighted by atomic mass is 32.4. The summed E-state index contributed by atoms with van der Waals surface area (Å²) in [6.45, 7) is 0.373. The Labute approximate surface area is 192 Å². The second-order valence-corrected chi connectivity index (χ2v) is 17.0. The second-order valence-electron chi connectivity index (χ2n) is 9.94. The normalized spacial score (nSPS) is 31.4. The van der Waals surface area contributed by atoms with Crippen molar-refractivity contribution in [2.24, 2.45) is 0 Å². The first kappa shape index (κ1) is 20.3. The molecule has 4 atom stereocenters. The van der Waals surface area contributed by atoms with Gasteiger partial charge in [0.05, 0.1) is 6.20 Å². The number of carbonyl (C=O) groups is 1. The van der Waals surface area contributed by atoms with Crippen molar-refractivity contribution in [2.45, 2.75) is 56.5 Å². The number of rotatable bonds is 6. The van der Waals surface area contributed by atoms with Crippen molar-refractivity contribution >= 4 is 20.0 Å². The highest BCUT2D eigenvalue weighted by molar-refractivity contribution is 8.78. The van der Waals surface area contributed by atoms with Gasteiger partial charge in [-0.1, -0.05) is 0 Å². The summed E-state index contributed by atoms with van der Waals surface area (Å²) in [6.07, 6.45) is 1.11. The van der Waals surface area contributed by atoms with E-state index >= 15 is 0 Å². The quantitative estimate of drug-likeness (QED) is 0.416. The molecule has 4 aliphatic rings. The van der Waals surface area contributed by atoms with E-state index in [0.29, 0.717) is 33.2 Å². The van der Waals surface area contributed by atoms with Crippen LogP contribution in [0.5, 0.6) is 5.75 Å². The van der Waals surface area contributed by atoms with Gasteiger partial charge in [0.2, 0.25) is 0 Å². The number of hydrogen-bond donors (Lipinski definition) is 3. The average molecular weight is 489 g/mol. The fraction of sp³-hybridized carbons (Fsp3) is 0.333. The number of amides is 2. The Kier molecular flexibility index (Phi) is 3.42. The predicted octanol–water partition coefficient (Wildman–Crippen LogP) is 5.23. The van der Waals surface area contributed by atoms with Gasteiger partial charge >= 0.3 is 12.4 Å². The van der Waals surface area contributed by atoms with E-state index in [2.05, 4.69) is 37.7 Å². The number of halogens is 3. The fourth-order valence-electron chi connectivity index (χ4n) is 7.64. The van der Waals surface area contributed by atoms with Crippen LogP contribution in [0.3, 0.4) is 0 Å². The SMILES string of the molecule is O=C(NCc1cn[nH]c1)Nc1ccc(S23(c4ccc(OC(F)(F)F)cc4)(C4CC42)C2CC23)cc1. The van der Waals surface area contributed by atoms with Crippen LogP contribution in [0.15, 0.2) is 70.7 Å². The number of fused-ring (bicyclic) bond motifs is 6. The van der Waals surface area contributed by atoms with Gasteiger partial charge in [-0.05, 0) is 92.2 Å². The smallest absolute Gasteiger partial charge is 0.406 e. The first-order valence-corrected chi connectivity index (χ1v) is 14.0. The number of nitrogens with zero attached hydrogens (tertiary/aromatic N) is 1. The standard InChI is InChI=1S/C24H23F3N4O2S/c25-24(26,27)33-16-3-7-18(8-4-16)34(19-9-20(19)34,21-10-22(21)34)17-5-1-15(2-6-17)31-23(32)28-11-14-12-29-30-13-14/h1-8,12-13,19-22H,9-11H2,(H,29,30)(H2,28,31,32). The van der Waals surface area contributed by atoms with E-state index in [-0.39, 0.29) is 11.8 Å². The Morgan fingerprint density at radius 2 is 1.59 bits per heavy atom. The predicted molar refractivity (Wildman–Crippen MR) is 123 cm³/mol. The van der Waals surface area contributed by atoms with Crippen molar-refractivity contribution < 1.29 is 22.7 Å². The molecule has 2 saturated carbocycles. The first-order valence-electron chi connectivity index (χ1n) is 11.3. The molecule has 7 rings (SSSR count). The molecule has 2 aliphatic carbocycles. The van der Waals surface area contributed by atoms with Gasteiger partial charge in [0.15, 0.2) is 0 Å². The number of benzene rings is 2.